The Balaban J connectivity index is 0.00000184. The molecule has 0 fully saturated rings. The zero-order valence-corrected chi connectivity index (χ0v) is 19.1. The molecule has 1 heterocycles. The molecular weight excluding hydrogens is 364 g/mol. The summed E-state index contributed by atoms with van der Waals surface area (Å²) >= 11 is 0. The molecule has 29 heavy (non-hydrogen) atoms. The number of carbonyl (C=O) groups excluding carboxylic acids is 1. The Labute approximate surface area is 176 Å². The fraction of sp³-hybridized carbons (Fsp3) is 0.375. The quantitative estimate of drug-likeness (QED) is 0.687. The first-order valence-corrected chi connectivity index (χ1v) is 9.77. The Bertz CT molecular complexity index is 744. The first-order chi connectivity index (χ1) is 13.9. The van der Waals surface area contributed by atoms with Crippen molar-refractivity contribution in [1.82, 2.24) is 4.90 Å². The van der Waals surface area contributed by atoms with Gasteiger partial charge in [-0.05, 0) is 56.7 Å². The van der Waals surface area contributed by atoms with E-state index < -0.39 is 0 Å². The molecule has 0 radical (unpaired) electrons. The summed E-state index contributed by atoms with van der Waals surface area (Å²) in [5.74, 6) is 0.784. The summed E-state index contributed by atoms with van der Waals surface area (Å²) in [5.41, 5.74) is 4.51. The molecule has 1 aromatic carbocycles. The maximum atomic E-state index is 11.4. The fourth-order valence-corrected chi connectivity index (χ4v) is 2.94. The third-order valence-corrected chi connectivity index (χ3v) is 4.31. The average molecular weight is 401 g/mol. The number of aliphatic hydroxyl groups excluding tert-OH is 1. The van der Waals surface area contributed by atoms with Crippen LogP contribution in [0.1, 0.15) is 34.6 Å². The van der Waals surface area contributed by atoms with Crippen LogP contribution in [0.3, 0.4) is 0 Å². The van der Waals surface area contributed by atoms with E-state index in [4.69, 9.17) is 9.84 Å². The van der Waals surface area contributed by atoms with E-state index in [9.17, 15) is 4.79 Å². The predicted octanol–water partition coefficient (Wildman–Crippen LogP) is 4.92. The van der Waals surface area contributed by atoms with Crippen LogP contribution >= 0.6 is 0 Å². The first-order valence-electron chi connectivity index (χ1n) is 9.77. The topological polar surface area (TPSA) is 53.0 Å². The van der Waals surface area contributed by atoms with Crippen molar-refractivity contribution in [3.63, 3.8) is 0 Å². The Morgan fingerprint density at radius 3 is 2.14 bits per heavy atom. The summed E-state index contributed by atoms with van der Waals surface area (Å²) in [7, 11) is 5.01. The minimum atomic E-state index is -0.234. The number of benzene rings is 1. The van der Waals surface area contributed by atoms with Gasteiger partial charge in [-0.3, -0.25) is 4.79 Å². The Hall–Kier alpha value is -2.79. The normalized spacial score (nSPS) is 15.3. The number of hydrogen-bond donors (Lipinski definition) is 1. The standard InChI is InChI=1S/C21H26N2O2.C2H6.CH4O/c1-7-18-13-17(14-24)15(3)21(23(18)8-2)16(4)25-20-11-9-19(10-12-20)22(5)6;2*1-2/h7-14,16H,2H2,1,3-6H3;1-2H3;2H,1H3/b18-7-;;. The molecule has 1 unspecified atom stereocenters. The van der Waals surface area contributed by atoms with Crippen LogP contribution in [-0.2, 0) is 4.79 Å². The smallest absolute Gasteiger partial charge is 0.150 e. The number of anilines is 1. The summed E-state index contributed by atoms with van der Waals surface area (Å²) in [5, 5.41) is 7.00. The SMILES string of the molecule is C=CN1C(C(C)Oc2ccc(N(C)C)cc2)=C(C)C(C=O)=C/C1=C/C.CC.CO. The third-order valence-electron chi connectivity index (χ3n) is 4.31. The van der Waals surface area contributed by atoms with Gasteiger partial charge in [-0.2, -0.15) is 0 Å². The molecule has 0 aromatic heterocycles. The highest BCUT2D eigenvalue weighted by Crippen LogP contribution is 2.32. The number of aldehydes is 1. The van der Waals surface area contributed by atoms with E-state index in [1.165, 1.54) is 0 Å². The maximum absolute atomic E-state index is 11.4. The van der Waals surface area contributed by atoms with E-state index in [-0.39, 0.29) is 6.10 Å². The summed E-state index contributed by atoms with van der Waals surface area (Å²) < 4.78 is 6.14. The Morgan fingerprint density at radius 2 is 1.72 bits per heavy atom. The van der Waals surface area contributed by atoms with Gasteiger partial charge in [0.2, 0.25) is 0 Å². The third kappa shape index (κ3) is 6.64. The molecule has 1 N–H and O–H groups in total. The van der Waals surface area contributed by atoms with Crippen LogP contribution in [-0.4, -0.2) is 43.6 Å². The van der Waals surface area contributed by atoms with E-state index in [0.717, 1.165) is 41.8 Å². The monoisotopic (exact) mass is 400 g/mol. The van der Waals surface area contributed by atoms with Crippen LogP contribution in [0.5, 0.6) is 5.75 Å². The van der Waals surface area contributed by atoms with Gasteiger partial charge in [0.05, 0.1) is 5.70 Å². The molecule has 0 aliphatic carbocycles. The number of aliphatic hydroxyl groups is 1. The highest BCUT2D eigenvalue weighted by Gasteiger charge is 2.26. The highest BCUT2D eigenvalue weighted by molar-refractivity contribution is 5.82. The van der Waals surface area contributed by atoms with Gasteiger partial charge in [-0.15, -0.1) is 0 Å². The molecular formula is C24H36N2O3. The summed E-state index contributed by atoms with van der Waals surface area (Å²) in [6.07, 6.45) is 6.23. The Kier molecular flexibility index (Phi) is 12.1. The molecule has 0 spiro atoms. The zero-order chi connectivity index (χ0) is 22.6. The molecule has 0 saturated heterocycles. The molecule has 0 bridgehead atoms. The second-order valence-corrected chi connectivity index (χ2v) is 6.14. The fourth-order valence-electron chi connectivity index (χ4n) is 2.94. The van der Waals surface area contributed by atoms with Gasteiger partial charge in [0, 0.05) is 44.4 Å². The van der Waals surface area contributed by atoms with Crippen LogP contribution in [0.25, 0.3) is 0 Å². The summed E-state index contributed by atoms with van der Waals surface area (Å²) in [4.78, 5) is 15.5. The van der Waals surface area contributed by atoms with Gasteiger partial charge in [0.15, 0.2) is 0 Å². The number of ether oxygens (including phenoxy) is 1. The summed E-state index contributed by atoms with van der Waals surface area (Å²) in [6, 6.07) is 7.94. The van der Waals surface area contributed by atoms with Crippen LogP contribution in [0, 0.1) is 0 Å². The molecule has 5 heteroatoms. The summed E-state index contributed by atoms with van der Waals surface area (Å²) in [6.45, 7) is 13.8. The van der Waals surface area contributed by atoms with Gasteiger partial charge in [-0.25, -0.2) is 0 Å². The van der Waals surface area contributed by atoms with E-state index in [2.05, 4.69) is 6.58 Å². The zero-order valence-electron chi connectivity index (χ0n) is 19.1. The van der Waals surface area contributed by atoms with Crippen molar-refractivity contribution in [1.29, 1.82) is 0 Å². The maximum Gasteiger partial charge on any atom is 0.150 e. The molecule has 0 amide bonds. The van der Waals surface area contributed by atoms with Crippen molar-refractivity contribution in [3.05, 3.63) is 71.7 Å². The highest BCUT2D eigenvalue weighted by atomic mass is 16.5. The van der Waals surface area contributed by atoms with Crippen LogP contribution in [0.15, 0.2) is 71.7 Å². The van der Waals surface area contributed by atoms with Crippen LogP contribution < -0.4 is 9.64 Å². The van der Waals surface area contributed by atoms with Crippen molar-refractivity contribution in [2.24, 2.45) is 0 Å². The average Bonchev–Trinajstić information content (AvgIpc) is 2.76. The lowest BCUT2D eigenvalue weighted by Crippen LogP contribution is -2.31. The van der Waals surface area contributed by atoms with Gasteiger partial charge in [0.25, 0.3) is 0 Å². The van der Waals surface area contributed by atoms with E-state index in [0.29, 0.717) is 5.57 Å². The minimum absolute atomic E-state index is 0.234. The van der Waals surface area contributed by atoms with E-state index in [1.807, 2.05) is 94.9 Å². The largest absolute Gasteiger partial charge is 0.484 e. The van der Waals surface area contributed by atoms with Crippen LogP contribution in [0.4, 0.5) is 5.69 Å². The minimum Gasteiger partial charge on any atom is -0.484 e. The molecule has 1 atom stereocenters. The molecule has 5 nitrogen and oxygen atoms in total. The molecule has 1 aliphatic heterocycles. The van der Waals surface area contributed by atoms with E-state index in [1.54, 1.807) is 6.20 Å². The molecule has 1 aliphatic rings. The van der Waals surface area contributed by atoms with Gasteiger partial charge < -0.3 is 19.6 Å². The lowest BCUT2D eigenvalue weighted by molar-refractivity contribution is -0.104. The lowest BCUT2D eigenvalue weighted by Gasteiger charge is -2.34. The second-order valence-electron chi connectivity index (χ2n) is 6.14. The predicted molar refractivity (Wildman–Crippen MR) is 123 cm³/mol. The number of allylic oxidation sites excluding steroid dienone is 4. The lowest BCUT2D eigenvalue weighted by atomic mass is 9.97. The molecule has 0 saturated carbocycles. The number of nitrogens with zero attached hydrogens (tertiary/aromatic N) is 2. The first kappa shape index (κ1) is 26.2. The van der Waals surface area contributed by atoms with Crippen molar-refractivity contribution in [2.75, 3.05) is 26.1 Å². The number of rotatable bonds is 6. The molecule has 1 aromatic rings. The molecule has 160 valence electrons. The Morgan fingerprint density at radius 1 is 1.17 bits per heavy atom. The second kappa shape index (κ2) is 13.4. The van der Waals surface area contributed by atoms with Crippen molar-refractivity contribution in [3.8, 4) is 5.75 Å². The van der Waals surface area contributed by atoms with Crippen molar-refractivity contribution < 1.29 is 14.6 Å². The van der Waals surface area contributed by atoms with Crippen molar-refractivity contribution >= 4 is 12.0 Å². The van der Waals surface area contributed by atoms with Gasteiger partial charge in [-0.1, -0.05) is 26.5 Å². The van der Waals surface area contributed by atoms with E-state index >= 15 is 0 Å². The molecule has 2 rings (SSSR count). The number of carbonyl (C=O) groups is 1. The van der Waals surface area contributed by atoms with Gasteiger partial charge in [0.1, 0.15) is 18.1 Å². The van der Waals surface area contributed by atoms with Crippen molar-refractivity contribution in [2.45, 2.75) is 40.7 Å². The number of hydrogen-bond acceptors (Lipinski definition) is 5. The van der Waals surface area contributed by atoms with Crippen LogP contribution in [0.2, 0.25) is 0 Å². The van der Waals surface area contributed by atoms with Gasteiger partial charge >= 0.3 is 0 Å².